The largest absolute Gasteiger partial charge is 1.00 e. The van der Waals surface area contributed by atoms with E-state index >= 15 is 8.78 Å². The predicted octanol–water partition coefficient (Wildman–Crippen LogP) is -1.39. The second-order valence-electron chi connectivity index (χ2n) is 12.5. The number of hydrogen-bond donors (Lipinski definition) is 2. The molecule has 0 aromatic carbocycles. The number of aliphatic carboxylic acids is 1. The first-order valence-electron chi connectivity index (χ1n) is 13.4. The second-order valence-corrected chi connectivity index (χ2v) is 13.7. The van der Waals surface area contributed by atoms with Gasteiger partial charge in [-0.3, -0.25) is 9.59 Å². The summed E-state index contributed by atoms with van der Waals surface area (Å²) in [5.74, 6) is -5.39. The van der Waals surface area contributed by atoms with E-state index in [0.717, 1.165) is 17.8 Å². The molecular weight excluding hydrogens is 557 g/mol. The molecule has 1 saturated heterocycles. The van der Waals surface area contributed by atoms with Crippen LogP contribution in [-0.2, 0) is 23.9 Å². The van der Waals surface area contributed by atoms with Gasteiger partial charge >= 0.3 is 29.6 Å². The van der Waals surface area contributed by atoms with Crippen LogP contribution in [0.5, 0.6) is 0 Å². The summed E-state index contributed by atoms with van der Waals surface area (Å²) < 4.78 is 45.7. The van der Waals surface area contributed by atoms with Crippen molar-refractivity contribution in [1.82, 2.24) is 0 Å². The molecule has 216 valence electrons. The van der Waals surface area contributed by atoms with E-state index in [1.54, 1.807) is 20.8 Å². The molecule has 3 saturated carbocycles. The van der Waals surface area contributed by atoms with E-state index in [-0.39, 0.29) is 66.6 Å². The number of aliphatic hydroxyl groups excluding tert-OH is 2. The van der Waals surface area contributed by atoms with Crippen molar-refractivity contribution in [1.29, 1.82) is 0 Å². The third kappa shape index (κ3) is 4.28. The fourth-order valence-corrected chi connectivity index (χ4v) is 9.45. The first-order chi connectivity index (χ1) is 18.1. The second kappa shape index (κ2) is 10.5. The average molecular weight is 593 g/mol. The number of allylic oxidation sites excluding steroid dienone is 4. The van der Waals surface area contributed by atoms with Crippen LogP contribution in [0.15, 0.2) is 23.8 Å². The molecule has 5 aliphatic rings. The van der Waals surface area contributed by atoms with E-state index in [1.165, 1.54) is 19.1 Å². The predicted molar refractivity (Wildman–Crippen MR) is 135 cm³/mol. The Hall–Kier alpha value is -0.660. The fraction of sp³-hybridized carbons (Fsp3) is 0.750. The molecule has 2 N–H and O–H groups in total. The van der Waals surface area contributed by atoms with Crippen LogP contribution in [0, 0.1) is 22.7 Å². The SMILES string of the molecule is CC1(C)O[C@@H]2C[C@H]3[C@@H]4C[C@H](F)C5=CC(=O)C=C[C@]5(C)[C@@]4(F)[C@@H](O)C[C@]3(C)[C@]2(C(=O)CSC(CCO)C(=O)[O-])O1.[Na+]. The maximum Gasteiger partial charge on any atom is 1.00 e. The molecule has 40 heavy (non-hydrogen) atoms. The van der Waals surface area contributed by atoms with Gasteiger partial charge in [-0.2, -0.15) is 0 Å². The van der Waals surface area contributed by atoms with Crippen molar-refractivity contribution in [2.24, 2.45) is 22.7 Å². The van der Waals surface area contributed by atoms with Gasteiger partial charge in [-0.25, -0.2) is 8.78 Å². The molecule has 4 aliphatic carbocycles. The van der Waals surface area contributed by atoms with E-state index in [9.17, 15) is 29.7 Å². The molecule has 5 rings (SSSR count). The minimum absolute atomic E-state index is 0. The van der Waals surface area contributed by atoms with E-state index in [0.29, 0.717) is 0 Å². The summed E-state index contributed by atoms with van der Waals surface area (Å²) in [6.45, 7) is 6.17. The number of ketones is 2. The number of rotatable bonds is 7. The van der Waals surface area contributed by atoms with Gasteiger partial charge in [-0.1, -0.05) is 13.0 Å². The zero-order valence-corrected chi connectivity index (χ0v) is 26.3. The molecule has 0 radical (unpaired) electrons. The summed E-state index contributed by atoms with van der Waals surface area (Å²) in [5, 5.41) is 31.2. The fourth-order valence-electron chi connectivity index (χ4n) is 8.47. The number of carbonyl (C=O) groups is 3. The normalized spacial score (nSPS) is 45.4. The molecule has 0 bridgehead atoms. The van der Waals surface area contributed by atoms with Crippen LogP contribution in [0.25, 0.3) is 0 Å². The van der Waals surface area contributed by atoms with E-state index < -0.39 is 87.5 Å². The zero-order valence-electron chi connectivity index (χ0n) is 23.4. The molecule has 0 spiro atoms. The van der Waals surface area contributed by atoms with Gasteiger partial charge in [-0.15, -0.1) is 11.8 Å². The van der Waals surface area contributed by atoms with E-state index in [2.05, 4.69) is 0 Å². The topological polar surface area (TPSA) is 133 Å². The minimum Gasteiger partial charge on any atom is -0.549 e. The summed E-state index contributed by atoms with van der Waals surface area (Å²) >= 11 is 0.817. The quantitative estimate of drug-likeness (QED) is 0.343. The Bertz CT molecular complexity index is 1160. The van der Waals surface area contributed by atoms with Crippen molar-refractivity contribution in [2.75, 3.05) is 12.4 Å². The van der Waals surface area contributed by atoms with Gasteiger partial charge in [0.2, 0.25) is 0 Å². The maximum atomic E-state index is 17.4. The Morgan fingerprint density at radius 2 is 1.90 bits per heavy atom. The van der Waals surface area contributed by atoms with Gasteiger partial charge in [0, 0.05) is 28.6 Å². The van der Waals surface area contributed by atoms with Crippen molar-refractivity contribution in [3.8, 4) is 0 Å². The van der Waals surface area contributed by atoms with Crippen LogP contribution in [0.4, 0.5) is 8.78 Å². The van der Waals surface area contributed by atoms with Crippen molar-refractivity contribution >= 4 is 29.3 Å². The standard InChI is InChI=1S/C28H36F2O8S.Na/c1-24(2)37-22-11-15-16-10-18(29)17-9-14(32)5-7-25(17,3)27(16,30)20(33)12-26(15,4)28(22,38-24)21(34)13-39-19(6-8-31)23(35)36;/h5,7,9,15-16,18-20,22,31,33H,6,8,10-13H2,1-4H3,(H,35,36);/q;+1/p-1/t15-,16-,18-,19?,20-,22+,25-,26-,27-,28+;/m0./s1. The van der Waals surface area contributed by atoms with Gasteiger partial charge in [0.05, 0.1) is 23.9 Å². The number of carbonyl (C=O) groups excluding carboxylic acids is 3. The van der Waals surface area contributed by atoms with Gasteiger partial charge in [0.1, 0.15) is 6.17 Å². The Labute approximate surface area is 258 Å². The number of aliphatic hydroxyl groups is 2. The molecule has 1 unspecified atom stereocenters. The van der Waals surface area contributed by atoms with Crippen LogP contribution < -0.4 is 34.7 Å². The molecule has 0 amide bonds. The molecule has 1 aliphatic heterocycles. The van der Waals surface area contributed by atoms with Crippen molar-refractivity contribution < 1.29 is 77.5 Å². The number of fused-ring (bicyclic) bond motifs is 7. The average Bonchev–Trinajstić information content (AvgIpc) is 3.25. The summed E-state index contributed by atoms with van der Waals surface area (Å²) in [6, 6.07) is 0. The number of Topliss-reactive ketones (excluding diaryl/α,β-unsaturated/α-hetero) is 1. The van der Waals surface area contributed by atoms with Gasteiger partial charge < -0.3 is 29.6 Å². The van der Waals surface area contributed by atoms with Crippen LogP contribution >= 0.6 is 11.8 Å². The molecule has 10 atom stereocenters. The number of hydrogen-bond acceptors (Lipinski definition) is 9. The number of thioether (sulfide) groups is 1. The summed E-state index contributed by atoms with van der Waals surface area (Å²) in [4.78, 5) is 37.6. The third-order valence-electron chi connectivity index (χ3n) is 10.1. The smallest absolute Gasteiger partial charge is 0.549 e. The Balaban J connectivity index is 0.00000370. The maximum absolute atomic E-state index is 17.4. The van der Waals surface area contributed by atoms with Crippen molar-refractivity contribution in [3.05, 3.63) is 23.8 Å². The first-order valence-corrected chi connectivity index (χ1v) is 14.4. The molecule has 12 heteroatoms. The molecule has 4 fully saturated rings. The first kappa shape index (κ1) is 32.3. The number of carboxylic acids is 1. The minimum atomic E-state index is -2.31. The summed E-state index contributed by atoms with van der Waals surface area (Å²) in [6.07, 6.45) is -0.724. The summed E-state index contributed by atoms with van der Waals surface area (Å²) in [7, 11) is 0. The number of ether oxygens (including phenoxy) is 2. The van der Waals surface area contributed by atoms with Crippen LogP contribution in [0.2, 0.25) is 0 Å². The number of alkyl halides is 2. The molecule has 0 aromatic heterocycles. The van der Waals surface area contributed by atoms with Crippen molar-refractivity contribution in [3.63, 3.8) is 0 Å². The number of halogens is 2. The Kier molecular flexibility index (Phi) is 8.47. The van der Waals surface area contributed by atoms with E-state index in [1.807, 2.05) is 0 Å². The van der Waals surface area contributed by atoms with E-state index in [4.69, 9.17) is 9.47 Å². The monoisotopic (exact) mass is 592 g/mol. The van der Waals surface area contributed by atoms with Gasteiger partial charge in [-0.05, 0) is 70.1 Å². The summed E-state index contributed by atoms with van der Waals surface area (Å²) in [5.41, 5.74) is -6.64. The van der Waals surface area contributed by atoms with Gasteiger partial charge in [0.15, 0.2) is 28.6 Å². The third-order valence-corrected chi connectivity index (χ3v) is 11.4. The Morgan fingerprint density at radius 1 is 1.23 bits per heavy atom. The molecule has 8 nitrogen and oxygen atoms in total. The van der Waals surface area contributed by atoms with Crippen LogP contribution in [0.3, 0.4) is 0 Å². The van der Waals surface area contributed by atoms with Crippen LogP contribution in [0.1, 0.15) is 53.4 Å². The Morgan fingerprint density at radius 3 is 2.52 bits per heavy atom. The number of carboxylic acid groups (broad SMARTS) is 1. The van der Waals surface area contributed by atoms with Crippen molar-refractivity contribution in [2.45, 2.75) is 94.1 Å². The molecule has 1 heterocycles. The molecular formula is C28H35F2NaO8S. The zero-order chi connectivity index (χ0) is 28.8. The molecule has 0 aromatic rings. The van der Waals surface area contributed by atoms with Gasteiger partial charge in [0.25, 0.3) is 0 Å². The van der Waals surface area contributed by atoms with Crippen LogP contribution in [-0.4, -0.2) is 80.8 Å².